The fourth-order valence-corrected chi connectivity index (χ4v) is 3.89. The van der Waals surface area contributed by atoms with Crippen LogP contribution in [0.25, 0.3) is 10.6 Å². The molecule has 3 aromatic heterocycles. The monoisotopic (exact) mass is 404 g/mol. The van der Waals surface area contributed by atoms with Crippen molar-refractivity contribution in [1.29, 1.82) is 0 Å². The van der Waals surface area contributed by atoms with Crippen LogP contribution in [0.5, 0.6) is 0 Å². The predicted molar refractivity (Wildman–Crippen MR) is 101 cm³/mol. The lowest BCUT2D eigenvalue weighted by Crippen LogP contribution is -2.28. The molecule has 10 heteroatoms. The second kappa shape index (κ2) is 7.27. The van der Waals surface area contributed by atoms with Crippen LogP contribution in [-0.2, 0) is 30.8 Å². The van der Waals surface area contributed by atoms with Crippen LogP contribution < -0.4 is 5.73 Å². The molecule has 4 rings (SSSR count). The van der Waals surface area contributed by atoms with Gasteiger partial charge in [0.1, 0.15) is 6.54 Å². The van der Waals surface area contributed by atoms with Crippen molar-refractivity contribution in [2.75, 3.05) is 5.73 Å². The number of pyridine rings is 1. The average molecular weight is 404 g/mol. The number of rotatable bonds is 5. The minimum absolute atomic E-state index is 0.0682. The molecule has 0 unspecified atom stereocenters. The lowest BCUT2D eigenvalue weighted by molar-refractivity contribution is -0.131. The van der Waals surface area contributed by atoms with Crippen molar-refractivity contribution in [1.82, 2.24) is 24.6 Å². The van der Waals surface area contributed by atoms with E-state index in [9.17, 15) is 13.6 Å². The summed E-state index contributed by atoms with van der Waals surface area (Å²) >= 11 is 1.52. The molecule has 1 amide bonds. The molecular weight excluding hydrogens is 386 g/mol. The van der Waals surface area contributed by atoms with Gasteiger partial charge in [-0.3, -0.25) is 9.48 Å². The van der Waals surface area contributed by atoms with Gasteiger partial charge in [-0.05, 0) is 19.1 Å². The van der Waals surface area contributed by atoms with Gasteiger partial charge in [0.05, 0.1) is 45.6 Å². The Morgan fingerprint density at radius 3 is 2.86 bits per heavy atom. The van der Waals surface area contributed by atoms with Gasteiger partial charge in [-0.2, -0.15) is 5.10 Å². The number of alkyl halides is 2. The number of nitrogens with zero attached hydrogens (tertiary/aromatic N) is 5. The summed E-state index contributed by atoms with van der Waals surface area (Å²) in [6.45, 7) is 2.13. The van der Waals surface area contributed by atoms with Gasteiger partial charge in [0.2, 0.25) is 5.91 Å². The first-order chi connectivity index (χ1) is 13.4. The number of nitrogen functional groups attached to an aromatic ring is 1. The number of hydrogen-bond acceptors (Lipinski definition) is 6. The molecule has 2 N–H and O–H groups in total. The number of amides is 1. The smallest absolute Gasteiger partial charge is 0.257 e. The van der Waals surface area contributed by atoms with Crippen LogP contribution in [0, 0.1) is 6.92 Å². The Hall–Kier alpha value is -2.88. The van der Waals surface area contributed by atoms with Crippen molar-refractivity contribution in [3.63, 3.8) is 0 Å². The Balaban J connectivity index is 1.46. The second-order valence-corrected chi connectivity index (χ2v) is 7.85. The highest BCUT2D eigenvalue weighted by Gasteiger charge is 2.27. The summed E-state index contributed by atoms with van der Waals surface area (Å²) in [5, 5.41) is 5.08. The van der Waals surface area contributed by atoms with E-state index in [1.807, 2.05) is 13.0 Å². The van der Waals surface area contributed by atoms with E-state index in [4.69, 9.17) is 5.73 Å². The lowest BCUT2D eigenvalue weighted by Gasteiger charge is -2.16. The first-order valence-corrected chi connectivity index (χ1v) is 9.50. The molecule has 4 heterocycles. The number of fused-ring (bicyclic) bond motifs is 1. The largest absolute Gasteiger partial charge is 0.397 e. The number of aromatic nitrogens is 4. The molecule has 0 aliphatic carbocycles. The Morgan fingerprint density at radius 1 is 1.36 bits per heavy atom. The third-order valence-electron chi connectivity index (χ3n) is 4.51. The second-order valence-electron chi connectivity index (χ2n) is 6.62. The Labute approximate surface area is 163 Å². The van der Waals surface area contributed by atoms with Crippen LogP contribution in [0.4, 0.5) is 14.5 Å². The summed E-state index contributed by atoms with van der Waals surface area (Å²) in [6.07, 6.45) is 0.940. The van der Waals surface area contributed by atoms with Crippen LogP contribution in [0.2, 0.25) is 0 Å². The van der Waals surface area contributed by atoms with Crippen LogP contribution in [0.15, 0.2) is 24.5 Å². The van der Waals surface area contributed by atoms with Crippen LogP contribution in [0.1, 0.15) is 22.0 Å². The maximum atomic E-state index is 12.7. The maximum absolute atomic E-state index is 12.7. The van der Waals surface area contributed by atoms with E-state index in [1.165, 1.54) is 16.0 Å². The first kappa shape index (κ1) is 18.5. The summed E-state index contributed by atoms with van der Waals surface area (Å²) in [4.78, 5) is 24.0. The number of halogens is 2. The number of aryl methyl sites for hydroxylation is 1. The fraction of sp³-hybridized carbons (Fsp3) is 0.333. The summed E-state index contributed by atoms with van der Waals surface area (Å²) in [6, 6.07) is 3.56. The van der Waals surface area contributed by atoms with Gasteiger partial charge in [-0.25, -0.2) is 18.7 Å². The van der Waals surface area contributed by atoms with Crippen LogP contribution in [-0.4, -0.2) is 37.0 Å². The van der Waals surface area contributed by atoms with E-state index in [0.717, 1.165) is 21.1 Å². The quantitative estimate of drug-likeness (QED) is 0.706. The van der Waals surface area contributed by atoms with Crippen molar-refractivity contribution in [2.45, 2.75) is 39.4 Å². The molecule has 0 atom stereocenters. The van der Waals surface area contributed by atoms with Crippen LogP contribution in [0.3, 0.4) is 0 Å². The molecule has 3 aromatic rings. The normalized spacial score (nSPS) is 13.4. The summed E-state index contributed by atoms with van der Waals surface area (Å²) < 4.78 is 26.2. The highest BCUT2D eigenvalue weighted by atomic mass is 32.1. The third-order valence-corrected chi connectivity index (χ3v) is 5.44. The molecule has 0 saturated heterocycles. The fourth-order valence-electron chi connectivity index (χ4n) is 3.15. The van der Waals surface area contributed by atoms with Crippen molar-refractivity contribution in [3.8, 4) is 10.6 Å². The topological polar surface area (TPSA) is 89.9 Å². The van der Waals surface area contributed by atoms with E-state index in [-0.39, 0.29) is 12.3 Å². The average Bonchev–Trinajstić information content (AvgIpc) is 3.31. The van der Waals surface area contributed by atoms with Gasteiger partial charge in [0.15, 0.2) is 0 Å². The number of hydrogen-bond donors (Lipinski definition) is 1. The highest BCUT2D eigenvalue weighted by molar-refractivity contribution is 7.15. The molecule has 146 valence electrons. The zero-order chi connectivity index (χ0) is 19.8. The van der Waals surface area contributed by atoms with E-state index in [0.29, 0.717) is 30.2 Å². The van der Waals surface area contributed by atoms with Crippen molar-refractivity contribution in [2.24, 2.45) is 0 Å². The van der Waals surface area contributed by atoms with Gasteiger partial charge in [0.25, 0.3) is 6.43 Å². The minimum Gasteiger partial charge on any atom is -0.397 e. The van der Waals surface area contributed by atoms with E-state index in [2.05, 4.69) is 15.1 Å². The molecule has 0 fully saturated rings. The Bertz CT molecular complexity index is 1010. The molecule has 28 heavy (non-hydrogen) atoms. The number of thiazole rings is 1. The van der Waals surface area contributed by atoms with E-state index < -0.39 is 13.0 Å². The zero-order valence-corrected chi connectivity index (χ0v) is 15.9. The molecule has 0 aromatic carbocycles. The SMILES string of the molecule is Cc1ncc(-c2ccc(N)c(CC(=O)N3Cc4cn(CC(F)F)nc4C3)n2)s1. The van der Waals surface area contributed by atoms with Crippen molar-refractivity contribution >= 4 is 22.9 Å². The molecule has 7 nitrogen and oxygen atoms in total. The Morgan fingerprint density at radius 2 is 2.18 bits per heavy atom. The van der Waals surface area contributed by atoms with Crippen LogP contribution >= 0.6 is 11.3 Å². The minimum atomic E-state index is -2.46. The maximum Gasteiger partial charge on any atom is 0.257 e. The first-order valence-electron chi connectivity index (χ1n) is 8.68. The molecule has 1 aliphatic heterocycles. The van der Waals surface area contributed by atoms with Crippen molar-refractivity contribution in [3.05, 3.63) is 46.5 Å². The summed E-state index contributed by atoms with van der Waals surface area (Å²) in [5.41, 5.74) is 9.17. The summed E-state index contributed by atoms with van der Waals surface area (Å²) in [5.74, 6) is -0.129. The number of carbonyl (C=O) groups is 1. The molecule has 0 radical (unpaired) electrons. The molecule has 1 aliphatic rings. The standard InChI is InChI=1S/C18H18F2N6OS/c1-10-22-5-16(28-10)13-3-2-12(21)14(23-13)4-18(27)25-6-11-7-26(9-17(19)20)24-15(11)8-25/h2-3,5,7,17H,4,6,8-9,21H2,1H3. The number of nitrogens with two attached hydrogens (primary N) is 1. The molecular formula is C18H18F2N6OS. The molecule has 0 saturated carbocycles. The number of carbonyl (C=O) groups excluding carboxylic acids is 1. The highest BCUT2D eigenvalue weighted by Crippen LogP contribution is 2.27. The predicted octanol–water partition coefficient (Wildman–Crippen LogP) is 2.64. The third kappa shape index (κ3) is 3.72. The van der Waals surface area contributed by atoms with Gasteiger partial charge in [-0.1, -0.05) is 0 Å². The number of anilines is 1. The van der Waals surface area contributed by atoms with Gasteiger partial charge >= 0.3 is 0 Å². The van der Waals surface area contributed by atoms with Gasteiger partial charge in [-0.15, -0.1) is 11.3 Å². The van der Waals surface area contributed by atoms with E-state index >= 15 is 0 Å². The van der Waals surface area contributed by atoms with E-state index in [1.54, 1.807) is 23.4 Å². The zero-order valence-electron chi connectivity index (χ0n) is 15.1. The molecule has 0 bridgehead atoms. The van der Waals surface area contributed by atoms with Crippen molar-refractivity contribution < 1.29 is 13.6 Å². The van der Waals surface area contributed by atoms with Gasteiger partial charge < -0.3 is 10.6 Å². The van der Waals surface area contributed by atoms with Gasteiger partial charge in [0, 0.05) is 24.5 Å². The summed E-state index contributed by atoms with van der Waals surface area (Å²) in [7, 11) is 0. The molecule has 0 spiro atoms. The lowest BCUT2D eigenvalue weighted by atomic mass is 10.2. The Kier molecular flexibility index (Phi) is 4.80.